The van der Waals surface area contributed by atoms with Crippen LogP contribution in [0.1, 0.15) is 27.2 Å². The zero-order chi connectivity index (χ0) is 13.9. The Hall–Kier alpha value is 0.641. The van der Waals surface area contributed by atoms with Crippen LogP contribution in [0.5, 0.6) is 0 Å². The average Bonchev–Trinajstić information content (AvgIpc) is 2.90. The topological polar surface area (TPSA) is 0 Å². The van der Waals surface area contributed by atoms with Gasteiger partial charge in [-0.3, -0.25) is 0 Å². The molecule has 2 unspecified atom stereocenters. The van der Waals surface area contributed by atoms with Gasteiger partial charge >= 0.3 is 21.7 Å². The van der Waals surface area contributed by atoms with Gasteiger partial charge in [-0.25, -0.2) is 0 Å². The zero-order valence-electron chi connectivity index (χ0n) is 13.8. The fourth-order valence-corrected chi connectivity index (χ4v) is 10.2. The fraction of sp³-hybridized carbons (Fsp3) is 0.412. The normalized spacial score (nSPS) is 16.3. The molecule has 22 heavy (non-hydrogen) atoms. The van der Waals surface area contributed by atoms with Crippen LogP contribution in [0.25, 0.3) is 0 Å². The summed E-state index contributed by atoms with van der Waals surface area (Å²) in [5.74, 6) is 1.38. The van der Waals surface area contributed by atoms with Crippen molar-refractivity contribution in [2.75, 3.05) is 5.79 Å². The van der Waals surface area contributed by atoms with Crippen LogP contribution < -0.4 is 30.1 Å². The molecule has 5 heteroatoms. The molecular weight excluding hydrogens is 382 g/mol. The Morgan fingerprint density at radius 2 is 1.68 bits per heavy atom. The predicted molar refractivity (Wildman–Crippen MR) is 92.4 cm³/mol. The summed E-state index contributed by atoms with van der Waals surface area (Å²) in [4.78, 5) is 0. The van der Waals surface area contributed by atoms with Gasteiger partial charge in [0.1, 0.15) is 0 Å². The van der Waals surface area contributed by atoms with Crippen LogP contribution in [0.3, 0.4) is 0 Å². The first kappa shape index (κ1) is 24.9. The number of hydrogen-bond donors (Lipinski definition) is 0. The van der Waals surface area contributed by atoms with Crippen LogP contribution in [0.4, 0.5) is 0 Å². The van der Waals surface area contributed by atoms with Crippen molar-refractivity contribution in [2.24, 2.45) is 0 Å². The summed E-state index contributed by atoms with van der Waals surface area (Å²) < 4.78 is 0. The van der Waals surface area contributed by atoms with Gasteiger partial charge in [-0.1, -0.05) is 89.7 Å². The first-order valence-corrected chi connectivity index (χ1v) is 11.0. The van der Waals surface area contributed by atoms with Gasteiger partial charge in [-0.05, 0) is 22.5 Å². The third-order valence-electron chi connectivity index (χ3n) is 4.56. The second-order valence-corrected chi connectivity index (χ2v) is 13.8. The average molecular weight is 407 g/mol. The van der Waals surface area contributed by atoms with E-state index in [0.29, 0.717) is 5.04 Å². The summed E-state index contributed by atoms with van der Waals surface area (Å²) >= 11 is 0. The van der Waals surface area contributed by atoms with E-state index in [1.54, 1.807) is 5.20 Å². The summed E-state index contributed by atoms with van der Waals surface area (Å²) in [5.41, 5.74) is 0. The number of hydrogen-bond acceptors (Lipinski definition) is 0. The van der Waals surface area contributed by atoms with Gasteiger partial charge in [0.25, 0.3) is 0 Å². The van der Waals surface area contributed by atoms with E-state index in [1.165, 1.54) is 17.5 Å². The number of halogens is 2. The molecule has 1 aromatic carbocycles. The van der Waals surface area contributed by atoms with Crippen molar-refractivity contribution in [3.8, 4) is 0 Å². The number of allylic oxidation sites excluding steroid dienone is 4. The van der Waals surface area contributed by atoms with E-state index in [9.17, 15) is 0 Å². The second kappa shape index (κ2) is 10.5. The molecule has 0 N–H and O–H groups in total. The van der Waals surface area contributed by atoms with Crippen molar-refractivity contribution in [3.63, 3.8) is 0 Å². The fourth-order valence-electron chi connectivity index (χ4n) is 2.55. The van der Waals surface area contributed by atoms with Gasteiger partial charge in [0.05, 0.1) is 8.07 Å². The Bertz CT molecular complexity index is 497. The molecule has 120 valence electrons. The van der Waals surface area contributed by atoms with Crippen molar-refractivity contribution in [3.05, 3.63) is 53.8 Å². The molecule has 1 aliphatic rings. The maximum absolute atomic E-state index is 2.59. The third-order valence-corrected chi connectivity index (χ3v) is 13.9. The van der Waals surface area contributed by atoms with Crippen LogP contribution >= 0.6 is 8.58 Å². The second-order valence-electron chi connectivity index (χ2n) is 6.63. The van der Waals surface area contributed by atoms with E-state index in [1.807, 2.05) is 0 Å². The Balaban J connectivity index is 0. The van der Waals surface area contributed by atoms with Crippen LogP contribution in [-0.4, -0.2) is 13.9 Å². The molecule has 2 atom stereocenters. The van der Waals surface area contributed by atoms with Crippen molar-refractivity contribution in [1.82, 2.24) is 0 Å². The molecule has 0 fully saturated rings. The first-order chi connectivity index (χ1) is 8.93. The molecule has 0 nitrogen and oxygen atoms in total. The molecule has 0 saturated carbocycles. The molecule has 0 saturated heterocycles. The first-order valence-electron chi connectivity index (χ1n) is 7.08. The molecular formula is C17H25Cl2PSiTi. The molecule has 0 aliphatic heterocycles. The van der Waals surface area contributed by atoms with E-state index in [-0.39, 0.29) is 46.5 Å². The summed E-state index contributed by atoms with van der Waals surface area (Å²) in [6, 6.07) is 11.0. The Labute approximate surface area is 166 Å². The molecule has 1 aliphatic carbocycles. The Kier molecular flexibility index (Phi) is 11.9. The molecule has 2 rings (SSSR count). The molecule has 0 heterocycles. The zero-order valence-corrected chi connectivity index (χ0v) is 18.9. The number of rotatable bonds is 4. The van der Waals surface area contributed by atoms with Crippen LogP contribution in [-0.2, 0) is 21.7 Å². The summed E-state index contributed by atoms with van der Waals surface area (Å²) in [7, 11) is -0.441. The molecule has 0 bridgehead atoms. The van der Waals surface area contributed by atoms with Crippen LogP contribution in [0.2, 0.25) is 11.6 Å². The number of benzene rings is 1. The summed E-state index contributed by atoms with van der Waals surface area (Å²) in [6.45, 7) is 9.90. The maximum Gasteiger partial charge on any atom is 2.00 e. The SMILES string of the molecule is CC(C)(C)[Si](C)(CPc1ccccc1)C1=CC=CC1.[Cl-].[Cl-].[Ti+2]. The summed E-state index contributed by atoms with van der Waals surface area (Å²) in [5, 5.41) is 3.69. The van der Waals surface area contributed by atoms with E-state index in [2.05, 4.69) is 75.9 Å². The molecule has 1 aromatic rings. The predicted octanol–water partition coefficient (Wildman–Crippen LogP) is -1.16. The van der Waals surface area contributed by atoms with Crippen molar-refractivity contribution in [1.29, 1.82) is 0 Å². The van der Waals surface area contributed by atoms with E-state index >= 15 is 0 Å². The molecule has 0 spiro atoms. The van der Waals surface area contributed by atoms with Gasteiger partial charge in [0.15, 0.2) is 0 Å². The van der Waals surface area contributed by atoms with Crippen molar-refractivity contribution >= 4 is 22.0 Å². The van der Waals surface area contributed by atoms with E-state index in [4.69, 9.17) is 0 Å². The Morgan fingerprint density at radius 1 is 1.09 bits per heavy atom. The van der Waals surface area contributed by atoms with Gasteiger partial charge in [0, 0.05) is 0 Å². The molecule has 0 amide bonds. The minimum absolute atomic E-state index is 0. The van der Waals surface area contributed by atoms with Crippen molar-refractivity contribution in [2.45, 2.75) is 38.8 Å². The van der Waals surface area contributed by atoms with Gasteiger partial charge in [-0.15, -0.1) is 0 Å². The standard InChI is InChI=1S/C17H25PSi.2ClH.Ti/c1-17(2,3)19(4,16-12-8-9-13-16)14-18-15-10-6-5-7-11-15;;;/h5-12,18H,13-14H2,1-4H3;2*1H;/q;;;+2/p-2. The molecule has 0 radical (unpaired) electrons. The minimum Gasteiger partial charge on any atom is -1.00 e. The van der Waals surface area contributed by atoms with Crippen molar-refractivity contribution < 1.29 is 46.5 Å². The largest absolute Gasteiger partial charge is 2.00 e. The smallest absolute Gasteiger partial charge is 1.00 e. The van der Waals surface area contributed by atoms with Gasteiger partial charge in [0.2, 0.25) is 0 Å². The van der Waals surface area contributed by atoms with E-state index in [0.717, 1.165) is 8.58 Å². The third kappa shape index (κ3) is 5.93. The van der Waals surface area contributed by atoms with Gasteiger partial charge in [-0.2, -0.15) is 0 Å². The maximum atomic E-state index is 2.59. The minimum atomic E-state index is -1.39. The Morgan fingerprint density at radius 3 is 2.14 bits per heavy atom. The molecule has 0 aromatic heterocycles. The summed E-state index contributed by atoms with van der Waals surface area (Å²) in [6.07, 6.45) is 8.15. The quantitative estimate of drug-likeness (QED) is 0.437. The van der Waals surface area contributed by atoms with E-state index < -0.39 is 8.07 Å². The van der Waals surface area contributed by atoms with Crippen LogP contribution in [0, 0.1) is 0 Å². The monoisotopic (exact) mass is 406 g/mol. The van der Waals surface area contributed by atoms with Crippen LogP contribution in [0.15, 0.2) is 53.8 Å². The van der Waals surface area contributed by atoms with Gasteiger partial charge < -0.3 is 24.8 Å².